The molecule has 1 aromatic rings. The van der Waals surface area contributed by atoms with Crippen LogP contribution in [-0.2, 0) is 4.79 Å². The predicted octanol–water partition coefficient (Wildman–Crippen LogP) is 4.25. The lowest BCUT2D eigenvalue weighted by Gasteiger charge is -2.25. The summed E-state index contributed by atoms with van der Waals surface area (Å²) < 4.78 is 0. The van der Waals surface area contributed by atoms with Gasteiger partial charge in [-0.05, 0) is 36.8 Å². The average Bonchev–Trinajstić information content (AvgIpc) is 3.46. The van der Waals surface area contributed by atoms with E-state index in [1.54, 1.807) is 0 Å². The topological polar surface area (TPSA) is 65.5 Å². The number of benzene rings is 1. The van der Waals surface area contributed by atoms with Crippen LogP contribution in [0.15, 0.2) is 29.3 Å². The Morgan fingerprint density at radius 1 is 1.21 bits per heavy atom. The molecule has 5 nitrogen and oxygen atoms in total. The van der Waals surface area contributed by atoms with Gasteiger partial charge in [0.1, 0.15) is 0 Å². The van der Waals surface area contributed by atoms with Crippen molar-refractivity contribution in [1.82, 2.24) is 10.6 Å². The molecule has 0 bridgehead atoms. The maximum Gasteiger partial charge on any atom is 0.225 e. The van der Waals surface area contributed by atoms with Gasteiger partial charge in [-0.1, -0.05) is 50.3 Å². The Labute approximate surface area is 185 Å². The number of aliphatic imine (C=N–C) groups is 1. The number of carbonyl (C=O) groups is 1. The minimum atomic E-state index is 0. The fourth-order valence-corrected chi connectivity index (χ4v) is 4.83. The van der Waals surface area contributed by atoms with Gasteiger partial charge in [-0.25, -0.2) is 0 Å². The molecule has 154 valence electrons. The van der Waals surface area contributed by atoms with E-state index in [0.717, 1.165) is 30.0 Å². The first-order chi connectivity index (χ1) is 13.2. The summed E-state index contributed by atoms with van der Waals surface area (Å²) in [5.41, 5.74) is 2.13. The van der Waals surface area contributed by atoms with Gasteiger partial charge in [-0.2, -0.15) is 0 Å². The second kappa shape index (κ2) is 9.94. The number of halogens is 1. The minimum Gasteiger partial charge on any atom is -0.357 e. The van der Waals surface area contributed by atoms with Crippen molar-refractivity contribution in [2.24, 2.45) is 16.8 Å². The zero-order chi connectivity index (χ0) is 18.6. The Hall–Kier alpha value is -1.31. The zero-order valence-corrected chi connectivity index (χ0v) is 19.1. The standard InChI is InChI=1S/C22H32N4O.HI/c1-2-23-22(26-20-13-18(20)15-8-4-3-5-9-15)24-14-16-12-21(27)25-19-11-7-6-10-17(16)19;/h6-7,10-11,15-16,18,20H,2-5,8-9,12-14H2,1H3,(H,25,27)(H2,23,24,26);1H. The highest BCUT2D eigenvalue weighted by Gasteiger charge is 2.43. The number of carbonyl (C=O) groups excluding carboxylic acids is 1. The molecule has 0 saturated heterocycles. The van der Waals surface area contributed by atoms with Crippen molar-refractivity contribution in [3.63, 3.8) is 0 Å². The van der Waals surface area contributed by atoms with Gasteiger partial charge in [-0.15, -0.1) is 24.0 Å². The average molecular weight is 496 g/mol. The second-order valence-electron chi connectivity index (χ2n) is 8.30. The van der Waals surface area contributed by atoms with Crippen molar-refractivity contribution >= 4 is 41.5 Å². The van der Waals surface area contributed by atoms with Crippen LogP contribution in [0.2, 0.25) is 0 Å². The molecule has 2 aliphatic carbocycles. The number of para-hydroxylation sites is 1. The first-order valence-corrected chi connectivity index (χ1v) is 10.7. The van der Waals surface area contributed by atoms with Crippen molar-refractivity contribution in [2.75, 3.05) is 18.4 Å². The number of hydrogen-bond acceptors (Lipinski definition) is 2. The van der Waals surface area contributed by atoms with Gasteiger partial charge >= 0.3 is 0 Å². The van der Waals surface area contributed by atoms with E-state index in [-0.39, 0.29) is 35.8 Å². The lowest BCUT2D eigenvalue weighted by molar-refractivity contribution is -0.116. The molecule has 28 heavy (non-hydrogen) atoms. The smallest absolute Gasteiger partial charge is 0.225 e. The Morgan fingerprint density at radius 2 is 2.00 bits per heavy atom. The van der Waals surface area contributed by atoms with E-state index in [4.69, 9.17) is 4.99 Å². The van der Waals surface area contributed by atoms with Gasteiger partial charge < -0.3 is 16.0 Å². The van der Waals surface area contributed by atoms with Crippen LogP contribution in [0.25, 0.3) is 0 Å². The normalized spacial score (nSPS) is 27.2. The third kappa shape index (κ3) is 5.19. The quantitative estimate of drug-likeness (QED) is 0.325. The van der Waals surface area contributed by atoms with E-state index in [0.29, 0.717) is 19.0 Å². The number of amides is 1. The lowest BCUT2D eigenvalue weighted by Crippen LogP contribution is -2.40. The van der Waals surface area contributed by atoms with Gasteiger partial charge in [0.25, 0.3) is 0 Å². The van der Waals surface area contributed by atoms with Crippen LogP contribution in [0.3, 0.4) is 0 Å². The largest absolute Gasteiger partial charge is 0.357 e. The summed E-state index contributed by atoms with van der Waals surface area (Å²) in [4.78, 5) is 16.9. The third-order valence-corrected chi connectivity index (χ3v) is 6.34. The molecule has 1 aliphatic heterocycles. The fourth-order valence-electron chi connectivity index (χ4n) is 4.83. The van der Waals surface area contributed by atoms with E-state index in [1.165, 1.54) is 44.1 Å². The molecular weight excluding hydrogens is 463 g/mol. The number of anilines is 1. The number of nitrogens with one attached hydrogen (secondary N) is 3. The molecule has 3 N–H and O–H groups in total. The van der Waals surface area contributed by atoms with Crippen LogP contribution in [0.1, 0.15) is 63.4 Å². The Bertz CT molecular complexity index is 702. The van der Waals surface area contributed by atoms with Crippen LogP contribution in [0.5, 0.6) is 0 Å². The molecule has 0 radical (unpaired) electrons. The van der Waals surface area contributed by atoms with Gasteiger partial charge in [0.05, 0.1) is 6.54 Å². The number of guanidine groups is 1. The molecule has 3 aliphatic rings. The predicted molar refractivity (Wildman–Crippen MR) is 125 cm³/mol. The first-order valence-electron chi connectivity index (χ1n) is 10.7. The van der Waals surface area contributed by atoms with E-state index in [1.807, 2.05) is 18.2 Å². The van der Waals surface area contributed by atoms with Crippen LogP contribution < -0.4 is 16.0 Å². The molecule has 3 unspecified atom stereocenters. The molecule has 2 fully saturated rings. The fraction of sp³-hybridized carbons (Fsp3) is 0.636. The van der Waals surface area contributed by atoms with Crippen molar-refractivity contribution in [1.29, 1.82) is 0 Å². The Balaban J connectivity index is 0.00000225. The summed E-state index contributed by atoms with van der Waals surface area (Å²) in [5.74, 6) is 2.89. The summed E-state index contributed by atoms with van der Waals surface area (Å²) >= 11 is 0. The van der Waals surface area contributed by atoms with Crippen molar-refractivity contribution in [3.8, 4) is 0 Å². The zero-order valence-electron chi connectivity index (χ0n) is 16.7. The van der Waals surface area contributed by atoms with Crippen molar-refractivity contribution < 1.29 is 4.79 Å². The van der Waals surface area contributed by atoms with Crippen LogP contribution in [-0.4, -0.2) is 31.0 Å². The molecule has 6 heteroatoms. The van der Waals surface area contributed by atoms with Gasteiger partial charge in [0.2, 0.25) is 5.91 Å². The molecule has 0 aromatic heterocycles. The molecule has 1 amide bonds. The van der Waals surface area contributed by atoms with Gasteiger partial charge in [0, 0.05) is 30.6 Å². The highest BCUT2D eigenvalue weighted by atomic mass is 127. The SMILES string of the molecule is CCNC(=NCC1CC(=O)Nc2ccccc21)NC1CC1C1CCCCC1.I. The van der Waals surface area contributed by atoms with E-state index < -0.39 is 0 Å². The number of fused-ring (bicyclic) bond motifs is 1. The van der Waals surface area contributed by atoms with Crippen molar-refractivity contribution in [3.05, 3.63) is 29.8 Å². The highest BCUT2D eigenvalue weighted by molar-refractivity contribution is 14.0. The Kier molecular flexibility index (Phi) is 7.60. The van der Waals surface area contributed by atoms with Gasteiger partial charge in [-0.3, -0.25) is 9.79 Å². The second-order valence-corrected chi connectivity index (χ2v) is 8.30. The molecule has 0 spiro atoms. The molecule has 1 aromatic carbocycles. The first kappa shape index (κ1) is 21.4. The van der Waals surface area contributed by atoms with E-state index >= 15 is 0 Å². The summed E-state index contributed by atoms with van der Waals surface area (Å²) in [6.45, 7) is 3.60. The van der Waals surface area contributed by atoms with Crippen LogP contribution in [0, 0.1) is 11.8 Å². The third-order valence-electron chi connectivity index (χ3n) is 6.34. The summed E-state index contributed by atoms with van der Waals surface area (Å²) in [6.07, 6.45) is 8.84. The number of nitrogens with zero attached hydrogens (tertiary/aromatic N) is 1. The molecular formula is C22H33IN4O. The summed E-state index contributed by atoms with van der Waals surface area (Å²) in [5, 5.41) is 10.0. The maximum absolute atomic E-state index is 12.0. The number of hydrogen-bond donors (Lipinski definition) is 3. The van der Waals surface area contributed by atoms with Gasteiger partial charge in [0.15, 0.2) is 5.96 Å². The summed E-state index contributed by atoms with van der Waals surface area (Å²) in [7, 11) is 0. The van der Waals surface area contributed by atoms with E-state index in [2.05, 4.69) is 28.9 Å². The van der Waals surface area contributed by atoms with Crippen molar-refractivity contribution in [2.45, 2.75) is 63.8 Å². The molecule has 3 atom stereocenters. The lowest BCUT2D eigenvalue weighted by atomic mass is 9.85. The van der Waals surface area contributed by atoms with E-state index in [9.17, 15) is 4.79 Å². The Morgan fingerprint density at radius 3 is 2.79 bits per heavy atom. The minimum absolute atomic E-state index is 0. The molecule has 2 saturated carbocycles. The summed E-state index contributed by atoms with van der Waals surface area (Å²) in [6, 6.07) is 8.67. The highest BCUT2D eigenvalue weighted by Crippen LogP contribution is 2.44. The molecule has 4 rings (SSSR count). The monoisotopic (exact) mass is 496 g/mol. The number of rotatable bonds is 5. The van der Waals surface area contributed by atoms with Crippen LogP contribution in [0.4, 0.5) is 5.69 Å². The maximum atomic E-state index is 12.0. The van der Waals surface area contributed by atoms with Crippen LogP contribution >= 0.6 is 24.0 Å². The molecule has 1 heterocycles.